The lowest BCUT2D eigenvalue weighted by atomic mass is 10.0. The second-order valence-corrected chi connectivity index (χ2v) is 13.9. The van der Waals surface area contributed by atoms with Gasteiger partial charge in [-0.2, -0.15) is 10.5 Å². The summed E-state index contributed by atoms with van der Waals surface area (Å²) in [6.07, 6.45) is 0. The average molecular weight is 701 g/mol. The fourth-order valence-corrected chi connectivity index (χ4v) is 8.57. The molecule has 3 heterocycles. The van der Waals surface area contributed by atoms with Gasteiger partial charge in [-0.05, 0) is 82.9 Å². The minimum Gasteiger partial charge on any atom is -0.455 e. The molecule has 0 aliphatic carbocycles. The Labute approximate surface area is 315 Å². The molecule has 0 N–H and O–H groups in total. The first-order valence-electron chi connectivity index (χ1n) is 18.2. The molecule has 0 unspecified atom stereocenters. The Bertz CT molecular complexity index is 3350. The molecule has 11 aromatic rings. The van der Waals surface area contributed by atoms with Crippen LogP contribution in [0.1, 0.15) is 11.1 Å². The van der Waals surface area contributed by atoms with Gasteiger partial charge in [-0.3, -0.25) is 0 Å². The molecular formula is C50H28N4O. The summed E-state index contributed by atoms with van der Waals surface area (Å²) in [7, 11) is 0. The van der Waals surface area contributed by atoms with Crippen molar-refractivity contribution in [3.8, 4) is 45.8 Å². The SMILES string of the molecule is N#Cc1ccc(-n2c3ccccc3c3c4oc5ccccc5c4ccc32)c(-n2c3ccc(-c4ccccc4)cc3c3cc(-c4ccccc4)ccc32)c1C#N. The summed E-state index contributed by atoms with van der Waals surface area (Å²) >= 11 is 0. The van der Waals surface area contributed by atoms with E-state index in [1.165, 1.54) is 0 Å². The van der Waals surface area contributed by atoms with E-state index in [-0.39, 0.29) is 0 Å². The zero-order valence-electron chi connectivity index (χ0n) is 29.4. The van der Waals surface area contributed by atoms with E-state index in [9.17, 15) is 10.5 Å². The maximum absolute atomic E-state index is 11.0. The highest BCUT2D eigenvalue weighted by molar-refractivity contribution is 6.24. The molecule has 0 amide bonds. The molecular weight excluding hydrogens is 673 g/mol. The molecule has 0 saturated heterocycles. The third-order valence-corrected chi connectivity index (χ3v) is 11.0. The molecule has 8 aromatic carbocycles. The molecule has 3 aromatic heterocycles. The van der Waals surface area contributed by atoms with Gasteiger partial charge in [0.1, 0.15) is 23.3 Å². The quantitative estimate of drug-likeness (QED) is 0.183. The van der Waals surface area contributed by atoms with E-state index in [4.69, 9.17) is 4.42 Å². The highest BCUT2D eigenvalue weighted by Gasteiger charge is 2.26. The minimum atomic E-state index is 0.314. The summed E-state index contributed by atoms with van der Waals surface area (Å²) in [6, 6.07) is 63.2. The molecule has 5 heteroatoms. The van der Waals surface area contributed by atoms with Crippen molar-refractivity contribution in [1.82, 2.24) is 9.13 Å². The predicted molar refractivity (Wildman–Crippen MR) is 223 cm³/mol. The Balaban J connectivity index is 1.28. The van der Waals surface area contributed by atoms with E-state index in [1.54, 1.807) is 6.07 Å². The number of furan rings is 1. The number of benzene rings is 8. The number of rotatable bonds is 4. The standard InChI is InChI=1S/C50H28N4O/c51-29-35-21-25-46(53-42-17-9-7-16-38(42)48-45(53)26-22-37-36-15-8-10-18-47(36)55-50(37)48)49(41(35)30-52)54-43-23-19-33(31-11-3-1-4-12-31)27-39(43)40-28-34(20-24-44(40)54)32-13-5-2-6-14-32/h1-28H. The summed E-state index contributed by atoms with van der Waals surface area (Å²) in [5, 5.41) is 27.7. The topological polar surface area (TPSA) is 70.6 Å². The maximum Gasteiger partial charge on any atom is 0.145 e. The predicted octanol–water partition coefficient (Wildman–Crippen LogP) is 12.9. The normalized spacial score (nSPS) is 11.6. The van der Waals surface area contributed by atoms with Gasteiger partial charge >= 0.3 is 0 Å². The lowest BCUT2D eigenvalue weighted by molar-refractivity contribution is 0.673. The van der Waals surface area contributed by atoms with Crippen LogP contribution in [0.15, 0.2) is 174 Å². The third-order valence-electron chi connectivity index (χ3n) is 11.0. The van der Waals surface area contributed by atoms with E-state index in [1.807, 2.05) is 42.5 Å². The number of aromatic nitrogens is 2. The van der Waals surface area contributed by atoms with E-state index in [0.29, 0.717) is 16.8 Å². The molecule has 55 heavy (non-hydrogen) atoms. The van der Waals surface area contributed by atoms with Crippen molar-refractivity contribution in [2.24, 2.45) is 0 Å². The molecule has 254 valence electrons. The molecule has 0 atom stereocenters. The molecule has 0 spiro atoms. The van der Waals surface area contributed by atoms with E-state index in [2.05, 4.69) is 143 Å². The van der Waals surface area contributed by atoms with Crippen molar-refractivity contribution < 1.29 is 4.42 Å². The van der Waals surface area contributed by atoms with Gasteiger partial charge < -0.3 is 13.6 Å². The summed E-state index contributed by atoms with van der Waals surface area (Å²) in [5.41, 5.74) is 12.0. The van der Waals surface area contributed by atoms with Crippen LogP contribution in [0.3, 0.4) is 0 Å². The van der Waals surface area contributed by atoms with Gasteiger partial charge in [0, 0.05) is 26.9 Å². The minimum absolute atomic E-state index is 0.314. The van der Waals surface area contributed by atoms with Crippen molar-refractivity contribution >= 4 is 65.6 Å². The Kier molecular flexibility index (Phi) is 6.61. The molecule has 0 radical (unpaired) electrons. The second-order valence-electron chi connectivity index (χ2n) is 13.9. The van der Waals surface area contributed by atoms with Crippen molar-refractivity contribution in [1.29, 1.82) is 10.5 Å². The summed E-state index contributed by atoms with van der Waals surface area (Å²) < 4.78 is 11.0. The Morgan fingerprint density at radius 3 is 1.65 bits per heavy atom. The molecule has 5 nitrogen and oxygen atoms in total. The van der Waals surface area contributed by atoms with Crippen LogP contribution >= 0.6 is 0 Å². The van der Waals surface area contributed by atoms with Crippen LogP contribution in [0.4, 0.5) is 0 Å². The lowest BCUT2D eigenvalue weighted by Gasteiger charge is -2.19. The fraction of sp³-hybridized carbons (Fsp3) is 0. The first-order chi connectivity index (χ1) is 27.2. The van der Waals surface area contributed by atoms with E-state index in [0.717, 1.165) is 93.5 Å². The maximum atomic E-state index is 11.0. The fourth-order valence-electron chi connectivity index (χ4n) is 8.57. The molecule has 0 fully saturated rings. The van der Waals surface area contributed by atoms with Gasteiger partial charge in [-0.1, -0.05) is 109 Å². The van der Waals surface area contributed by atoms with Crippen LogP contribution in [0.2, 0.25) is 0 Å². The van der Waals surface area contributed by atoms with Gasteiger partial charge in [0.05, 0.1) is 50.0 Å². The van der Waals surface area contributed by atoms with Crippen molar-refractivity contribution in [3.63, 3.8) is 0 Å². The number of fused-ring (bicyclic) bond motifs is 10. The van der Waals surface area contributed by atoms with Crippen LogP contribution in [-0.2, 0) is 0 Å². The Morgan fingerprint density at radius 1 is 0.418 bits per heavy atom. The van der Waals surface area contributed by atoms with Crippen molar-refractivity contribution in [2.75, 3.05) is 0 Å². The number of hydrogen-bond acceptors (Lipinski definition) is 3. The third kappa shape index (κ3) is 4.45. The first kappa shape index (κ1) is 30.7. The Morgan fingerprint density at radius 2 is 1.00 bits per heavy atom. The van der Waals surface area contributed by atoms with Crippen LogP contribution in [-0.4, -0.2) is 9.13 Å². The number of para-hydroxylation sites is 2. The van der Waals surface area contributed by atoms with Crippen LogP contribution in [0.5, 0.6) is 0 Å². The number of nitrogens with zero attached hydrogens (tertiary/aromatic N) is 4. The molecule has 11 rings (SSSR count). The second kappa shape index (κ2) is 11.8. The van der Waals surface area contributed by atoms with Crippen molar-refractivity contribution in [2.45, 2.75) is 0 Å². The molecule has 0 aliphatic rings. The number of hydrogen-bond donors (Lipinski definition) is 0. The van der Waals surface area contributed by atoms with Gasteiger partial charge in [0.15, 0.2) is 0 Å². The highest BCUT2D eigenvalue weighted by atomic mass is 16.3. The highest BCUT2D eigenvalue weighted by Crippen LogP contribution is 2.44. The van der Waals surface area contributed by atoms with E-state index < -0.39 is 0 Å². The first-order valence-corrected chi connectivity index (χ1v) is 18.2. The number of nitriles is 2. The lowest BCUT2D eigenvalue weighted by Crippen LogP contribution is -2.07. The molecule has 0 bridgehead atoms. The van der Waals surface area contributed by atoms with Crippen LogP contribution in [0.25, 0.3) is 99.2 Å². The van der Waals surface area contributed by atoms with Gasteiger partial charge in [0.2, 0.25) is 0 Å². The molecule has 0 aliphatic heterocycles. The van der Waals surface area contributed by atoms with Crippen LogP contribution < -0.4 is 0 Å². The van der Waals surface area contributed by atoms with Gasteiger partial charge in [-0.15, -0.1) is 0 Å². The zero-order valence-corrected chi connectivity index (χ0v) is 29.4. The average Bonchev–Trinajstić information content (AvgIpc) is 3.91. The largest absolute Gasteiger partial charge is 0.455 e. The van der Waals surface area contributed by atoms with Crippen molar-refractivity contribution in [3.05, 3.63) is 181 Å². The smallest absolute Gasteiger partial charge is 0.145 e. The van der Waals surface area contributed by atoms with Crippen LogP contribution in [0, 0.1) is 22.7 Å². The zero-order chi connectivity index (χ0) is 36.6. The Hall–Kier alpha value is -7.86. The summed E-state index contributed by atoms with van der Waals surface area (Å²) in [4.78, 5) is 0. The van der Waals surface area contributed by atoms with Gasteiger partial charge in [0.25, 0.3) is 0 Å². The molecule has 0 saturated carbocycles. The monoisotopic (exact) mass is 700 g/mol. The van der Waals surface area contributed by atoms with Gasteiger partial charge in [-0.25, -0.2) is 0 Å². The summed E-state index contributed by atoms with van der Waals surface area (Å²) in [6.45, 7) is 0. The summed E-state index contributed by atoms with van der Waals surface area (Å²) in [5.74, 6) is 0. The van der Waals surface area contributed by atoms with E-state index >= 15 is 0 Å².